The van der Waals surface area contributed by atoms with Gasteiger partial charge in [-0.15, -0.1) is 0 Å². The van der Waals surface area contributed by atoms with E-state index in [4.69, 9.17) is 30.4 Å². The van der Waals surface area contributed by atoms with Crippen molar-refractivity contribution in [2.75, 3.05) is 78.9 Å². The Bertz CT molecular complexity index is 1220. The average Bonchev–Trinajstić information content (AvgIpc) is 3.01. The Morgan fingerprint density at radius 3 is 1.70 bits per heavy atom. The number of amides is 3. The third-order valence-corrected chi connectivity index (χ3v) is 9.17. The molecule has 1 fully saturated rings. The molecule has 0 aromatic heterocycles. The van der Waals surface area contributed by atoms with Crippen LogP contribution in [0.5, 0.6) is 11.5 Å². The van der Waals surface area contributed by atoms with Crippen LogP contribution in [0.4, 0.5) is 4.79 Å². The van der Waals surface area contributed by atoms with E-state index < -0.39 is 5.41 Å². The summed E-state index contributed by atoms with van der Waals surface area (Å²) in [5, 5.41) is 5.28. The molecule has 2 rings (SSSR count). The summed E-state index contributed by atoms with van der Waals surface area (Å²) in [6.07, 6.45) is 0.701. The Kier molecular flexibility index (Phi) is 17.8. The molecular weight excluding hydrogens is 834 g/mol. The highest BCUT2D eigenvalue weighted by molar-refractivity contribution is 14.1. The van der Waals surface area contributed by atoms with Crippen molar-refractivity contribution in [1.82, 2.24) is 20.4 Å². The number of carbonyl (C=O) groups is 2. The number of halogens is 2. The van der Waals surface area contributed by atoms with Crippen LogP contribution < -0.4 is 31.6 Å². The zero-order valence-electron chi connectivity index (χ0n) is 28.5. The van der Waals surface area contributed by atoms with Gasteiger partial charge in [-0.05, 0) is 84.5 Å². The second kappa shape index (κ2) is 20.4. The standard InChI is InChI=1S/C31H52I2N8O6/c1-7-31(5,6)26(42)38-27(34)36-8-14-44-16-18-46-24-20-23(33)25(21-22(24)32)47-19-17-45-15-9-37-28(35)39-29(43)40-10-12-41(13-11-40)30(2,3)4/h20-21H,7-19H2,1-6H3,(H3,34,36,38,42)(H3,35,37,39,43). The average molecular weight is 887 g/mol. The topological polar surface area (TPSA) is 178 Å². The molecule has 1 aliphatic heterocycles. The van der Waals surface area contributed by atoms with Crippen molar-refractivity contribution in [3.05, 3.63) is 19.3 Å². The molecule has 3 amide bonds. The number of urea groups is 1. The van der Waals surface area contributed by atoms with E-state index in [2.05, 4.69) is 91.5 Å². The van der Waals surface area contributed by atoms with E-state index in [9.17, 15) is 9.59 Å². The highest BCUT2D eigenvalue weighted by Crippen LogP contribution is 2.31. The zero-order chi connectivity index (χ0) is 35.0. The summed E-state index contributed by atoms with van der Waals surface area (Å²) in [4.78, 5) is 37.0. The molecule has 0 saturated carbocycles. The molecule has 0 aliphatic carbocycles. The van der Waals surface area contributed by atoms with Crippen LogP contribution in [-0.2, 0) is 14.3 Å². The van der Waals surface area contributed by atoms with Crippen LogP contribution in [0.15, 0.2) is 22.1 Å². The molecule has 16 heteroatoms. The number of carbonyl (C=O) groups excluding carboxylic acids is 2. The summed E-state index contributed by atoms with van der Waals surface area (Å²) in [5.41, 5.74) is 11.3. The fourth-order valence-electron chi connectivity index (χ4n) is 4.11. The number of ether oxygens (including phenoxy) is 4. The van der Waals surface area contributed by atoms with Crippen molar-refractivity contribution in [1.29, 1.82) is 0 Å². The molecule has 14 nitrogen and oxygen atoms in total. The lowest BCUT2D eigenvalue weighted by molar-refractivity contribution is -0.127. The lowest BCUT2D eigenvalue weighted by Crippen LogP contribution is -2.57. The zero-order valence-corrected chi connectivity index (χ0v) is 32.8. The number of guanidine groups is 2. The fourth-order valence-corrected chi connectivity index (χ4v) is 5.30. The van der Waals surface area contributed by atoms with E-state index in [1.54, 1.807) is 4.90 Å². The largest absolute Gasteiger partial charge is 0.490 e. The minimum absolute atomic E-state index is 0.0826. The van der Waals surface area contributed by atoms with E-state index >= 15 is 0 Å². The number of hydrogen-bond acceptors (Lipinski definition) is 9. The maximum Gasteiger partial charge on any atom is 0.324 e. The molecule has 1 aliphatic rings. The van der Waals surface area contributed by atoms with Crippen molar-refractivity contribution in [3.63, 3.8) is 0 Å². The number of rotatable bonds is 16. The maximum absolute atomic E-state index is 12.5. The Balaban J connectivity index is 1.59. The number of nitrogens with zero attached hydrogens (tertiary/aromatic N) is 4. The van der Waals surface area contributed by atoms with Gasteiger partial charge < -0.3 is 35.3 Å². The van der Waals surface area contributed by atoms with Gasteiger partial charge in [0, 0.05) is 37.1 Å². The van der Waals surface area contributed by atoms with Crippen molar-refractivity contribution in [2.24, 2.45) is 26.9 Å². The minimum Gasteiger partial charge on any atom is -0.490 e. The first-order chi connectivity index (χ1) is 22.1. The third kappa shape index (κ3) is 15.3. The Hall–Kier alpha value is -2.16. The van der Waals surface area contributed by atoms with Gasteiger partial charge in [0.25, 0.3) is 0 Å². The van der Waals surface area contributed by atoms with Crippen LogP contribution in [0.3, 0.4) is 0 Å². The summed E-state index contributed by atoms with van der Waals surface area (Å²) in [7, 11) is 0. The summed E-state index contributed by atoms with van der Waals surface area (Å²) in [5.74, 6) is 1.49. The van der Waals surface area contributed by atoms with Crippen LogP contribution in [0, 0.1) is 12.6 Å². The Labute approximate surface area is 306 Å². The molecule has 0 spiro atoms. The number of nitrogens with one attached hydrogen (secondary N) is 2. The van der Waals surface area contributed by atoms with E-state index in [1.807, 2.05) is 32.9 Å². The first-order valence-electron chi connectivity index (χ1n) is 15.8. The number of nitrogens with two attached hydrogens (primary N) is 2. The SMILES string of the molecule is CCC(C)(C)C(=O)NC(N)=NCCOCCOc1cc(I)c(OCCOCCN=C(N)NC(=O)N2CCN(C(C)(C)C)CC2)cc1I. The summed E-state index contributed by atoms with van der Waals surface area (Å²) in [6, 6.07) is 3.60. The summed E-state index contributed by atoms with van der Waals surface area (Å²) in [6.45, 7) is 18.0. The first kappa shape index (κ1) is 41.0. The quantitative estimate of drug-likeness (QED) is 0.0842. The molecule has 1 aromatic rings. The predicted molar refractivity (Wildman–Crippen MR) is 201 cm³/mol. The van der Waals surface area contributed by atoms with Crippen molar-refractivity contribution >= 4 is 69.0 Å². The van der Waals surface area contributed by atoms with Crippen molar-refractivity contribution in [3.8, 4) is 11.5 Å². The molecule has 1 saturated heterocycles. The van der Waals surface area contributed by atoms with E-state index in [-0.39, 0.29) is 29.4 Å². The summed E-state index contributed by atoms with van der Waals surface area (Å²) >= 11 is 4.41. The lowest BCUT2D eigenvalue weighted by atomic mass is 9.89. The number of hydrogen-bond donors (Lipinski definition) is 4. The summed E-state index contributed by atoms with van der Waals surface area (Å²) < 4.78 is 24.8. The predicted octanol–water partition coefficient (Wildman–Crippen LogP) is 2.99. The molecule has 47 heavy (non-hydrogen) atoms. The number of benzene rings is 1. The van der Waals surface area contributed by atoms with Gasteiger partial charge in [-0.2, -0.15) is 0 Å². The number of aliphatic imine (C=N–C) groups is 2. The normalized spacial score (nSPS) is 15.0. The van der Waals surface area contributed by atoms with Gasteiger partial charge in [-0.3, -0.25) is 30.3 Å². The second-order valence-corrected chi connectivity index (χ2v) is 14.8. The fraction of sp³-hybridized carbons (Fsp3) is 0.677. The second-order valence-electron chi connectivity index (χ2n) is 12.4. The third-order valence-electron chi connectivity index (χ3n) is 7.48. The lowest BCUT2D eigenvalue weighted by Gasteiger charge is -2.42. The molecule has 1 aromatic carbocycles. The van der Waals surface area contributed by atoms with Gasteiger partial charge in [0.1, 0.15) is 24.7 Å². The van der Waals surface area contributed by atoms with Gasteiger partial charge in [-0.25, -0.2) is 4.79 Å². The molecule has 266 valence electrons. The van der Waals surface area contributed by atoms with Crippen molar-refractivity contribution < 1.29 is 28.5 Å². The molecule has 0 bridgehead atoms. The molecular formula is C31H52I2N8O6. The highest BCUT2D eigenvalue weighted by atomic mass is 127. The van der Waals surface area contributed by atoms with Crippen molar-refractivity contribution in [2.45, 2.75) is 53.5 Å². The van der Waals surface area contributed by atoms with Crippen LogP contribution in [0.1, 0.15) is 48.0 Å². The van der Waals surface area contributed by atoms with Gasteiger partial charge in [-0.1, -0.05) is 20.8 Å². The first-order valence-corrected chi connectivity index (χ1v) is 17.9. The van der Waals surface area contributed by atoms with E-state index in [1.165, 1.54) is 0 Å². The van der Waals surface area contributed by atoms with Crippen LogP contribution in [-0.4, -0.2) is 118 Å². The number of piperazine rings is 1. The van der Waals surface area contributed by atoms with E-state index in [0.717, 1.165) is 31.7 Å². The van der Waals surface area contributed by atoms with Gasteiger partial charge in [0.2, 0.25) is 5.91 Å². The molecule has 0 unspecified atom stereocenters. The van der Waals surface area contributed by atoms with Gasteiger partial charge in [0.05, 0.1) is 46.7 Å². The molecule has 1 heterocycles. The Morgan fingerprint density at radius 2 is 1.26 bits per heavy atom. The maximum atomic E-state index is 12.5. The smallest absolute Gasteiger partial charge is 0.324 e. The van der Waals surface area contributed by atoms with Crippen LogP contribution in [0.2, 0.25) is 0 Å². The monoisotopic (exact) mass is 886 g/mol. The van der Waals surface area contributed by atoms with Crippen LogP contribution >= 0.6 is 45.2 Å². The Morgan fingerprint density at radius 1 is 0.787 bits per heavy atom. The molecule has 6 N–H and O–H groups in total. The van der Waals surface area contributed by atoms with Crippen LogP contribution in [0.25, 0.3) is 0 Å². The molecule has 0 radical (unpaired) electrons. The molecule has 0 atom stereocenters. The van der Waals surface area contributed by atoms with E-state index in [0.29, 0.717) is 72.2 Å². The minimum atomic E-state index is -0.500. The highest BCUT2D eigenvalue weighted by Gasteiger charge is 2.28. The van der Waals surface area contributed by atoms with Gasteiger partial charge >= 0.3 is 6.03 Å². The van der Waals surface area contributed by atoms with Gasteiger partial charge in [0.15, 0.2) is 11.9 Å².